The van der Waals surface area contributed by atoms with Gasteiger partial charge in [-0.1, -0.05) is 55.8 Å². The Labute approximate surface area is 172 Å². The van der Waals surface area contributed by atoms with E-state index < -0.39 is 0 Å². The summed E-state index contributed by atoms with van der Waals surface area (Å²) in [6.07, 6.45) is 8.21. The van der Waals surface area contributed by atoms with Crippen LogP contribution in [0.5, 0.6) is 0 Å². The van der Waals surface area contributed by atoms with Gasteiger partial charge < -0.3 is 13.9 Å². The van der Waals surface area contributed by atoms with Crippen LogP contribution in [0.15, 0.2) is 59.2 Å². The van der Waals surface area contributed by atoms with Crippen molar-refractivity contribution in [3.8, 4) is 0 Å². The predicted molar refractivity (Wildman–Crippen MR) is 117 cm³/mol. The average Bonchev–Trinajstić information content (AvgIpc) is 3.35. The summed E-state index contributed by atoms with van der Waals surface area (Å²) in [4.78, 5) is 17.6. The Morgan fingerprint density at radius 2 is 1.90 bits per heavy atom. The summed E-state index contributed by atoms with van der Waals surface area (Å²) in [5.74, 6) is 0.118. The van der Waals surface area contributed by atoms with Crippen LogP contribution >= 0.6 is 0 Å². The van der Waals surface area contributed by atoms with Crippen molar-refractivity contribution in [1.82, 2.24) is 14.4 Å². The molecule has 3 heterocycles. The number of amides is 1. The molecule has 0 bridgehead atoms. The molecule has 0 atom stereocenters. The maximum absolute atomic E-state index is 13.2. The molecule has 0 N–H and O–H groups in total. The molecule has 0 saturated carbocycles. The van der Waals surface area contributed by atoms with Crippen molar-refractivity contribution in [3.63, 3.8) is 0 Å². The van der Waals surface area contributed by atoms with E-state index >= 15 is 0 Å². The Morgan fingerprint density at radius 1 is 1.10 bits per heavy atom. The van der Waals surface area contributed by atoms with Crippen molar-refractivity contribution in [1.29, 1.82) is 0 Å². The minimum Gasteiger partial charge on any atom is -0.463 e. The van der Waals surface area contributed by atoms with Crippen LogP contribution in [0.25, 0.3) is 17.2 Å². The van der Waals surface area contributed by atoms with Crippen LogP contribution in [-0.4, -0.2) is 53.0 Å². The first-order chi connectivity index (χ1) is 14.3. The number of furan rings is 1. The van der Waals surface area contributed by atoms with Crippen LogP contribution in [0, 0.1) is 0 Å². The zero-order valence-corrected chi connectivity index (χ0v) is 17.1. The van der Waals surface area contributed by atoms with Gasteiger partial charge >= 0.3 is 0 Å². The Bertz CT molecular complexity index is 963. The van der Waals surface area contributed by atoms with Gasteiger partial charge in [0, 0.05) is 51.4 Å². The molecule has 1 saturated heterocycles. The molecular formula is C24H29N3O2. The quantitative estimate of drug-likeness (QED) is 0.595. The number of unbranched alkanes of at least 4 members (excludes halogenated alkanes) is 1. The van der Waals surface area contributed by atoms with Crippen LogP contribution in [-0.2, 0) is 6.54 Å². The number of hydrogen-bond donors (Lipinski definition) is 0. The molecule has 0 spiro atoms. The van der Waals surface area contributed by atoms with Crippen molar-refractivity contribution >= 4 is 23.1 Å². The van der Waals surface area contributed by atoms with E-state index in [0.717, 1.165) is 68.9 Å². The fraction of sp³-hybridized carbons (Fsp3) is 0.375. The number of hydrogen-bond acceptors (Lipinski definition) is 3. The van der Waals surface area contributed by atoms with E-state index in [1.807, 2.05) is 23.1 Å². The SMILES string of the molecule is CCCCn1c(C(=O)N2CCN(C/C=C/c3ccccc3)CC2)cc2occc21. The van der Waals surface area contributed by atoms with Crippen molar-refractivity contribution in [2.75, 3.05) is 32.7 Å². The van der Waals surface area contributed by atoms with Gasteiger partial charge in [-0.15, -0.1) is 0 Å². The first-order valence-electron chi connectivity index (χ1n) is 10.6. The van der Waals surface area contributed by atoms with E-state index in [-0.39, 0.29) is 5.91 Å². The second-order valence-electron chi connectivity index (χ2n) is 7.61. The predicted octanol–water partition coefficient (Wildman–Crippen LogP) is 4.51. The van der Waals surface area contributed by atoms with Crippen LogP contribution in [0.3, 0.4) is 0 Å². The second kappa shape index (κ2) is 9.14. The molecule has 5 heteroatoms. The van der Waals surface area contributed by atoms with Gasteiger partial charge in [-0.05, 0) is 12.0 Å². The van der Waals surface area contributed by atoms with Crippen LogP contribution in [0.1, 0.15) is 35.8 Å². The summed E-state index contributed by atoms with van der Waals surface area (Å²) in [6.45, 7) is 7.26. The van der Waals surface area contributed by atoms with Gasteiger partial charge in [-0.3, -0.25) is 9.69 Å². The molecular weight excluding hydrogens is 362 g/mol. The highest BCUT2D eigenvalue weighted by Gasteiger charge is 2.25. The first-order valence-corrected chi connectivity index (χ1v) is 10.6. The monoisotopic (exact) mass is 391 g/mol. The zero-order valence-electron chi connectivity index (χ0n) is 17.1. The summed E-state index contributed by atoms with van der Waals surface area (Å²) >= 11 is 0. The smallest absolute Gasteiger partial charge is 0.270 e. The van der Waals surface area contributed by atoms with Crippen molar-refractivity contribution in [3.05, 3.63) is 66.1 Å². The van der Waals surface area contributed by atoms with Crippen LogP contribution < -0.4 is 0 Å². The summed E-state index contributed by atoms with van der Waals surface area (Å²) in [7, 11) is 0. The van der Waals surface area contributed by atoms with E-state index in [1.165, 1.54) is 5.56 Å². The Kier molecular flexibility index (Phi) is 6.15. The third kappa shape index (κ3) is 4.46. The van der Waals surface area contributed by atoms with Gasteiger partial charge in [0.25, 0.3) is 5.91 Å². The number of aromatic nitrogens is 1. The minimum atomic E-state index is 0.118. The van der Waals surface area contributed by atoms with Crippen molar-refractivity contribution in [2.45, 2.75) is 26.3 Å². The van der Waals surface area contributed by atoms with Gasteiger partial charge in [-0.2, -0.15) is 0 Å². The topological polar surface area (TPSA) is 41.6 Å². The largest absolute Gasteiger partial charge is 0.463 e. The van der Waals surface area contributed by atoms with E-state index in [2.05, 4.69) is 52.8 Å². The van der Waals surface area contributed by atoms with Gasteiger partial charge in [0.05, 0.1) is 11.8 Å². The van der Waals surface area contributed by atoms with Gasteiger partial charge in [0.1, 0.15) is 5.69 Å². The number of fused-ring (bicyclic) bond motifs is 1. The Hall–Kier alpha value is -2.79. The number of benzene rings is 1. The summed E-state index contributed by atoms with van der Waals surface area (Å²) in [5.41, 5.74) is 3.80. The summed E-state index contributed by atoms with van der Waals surface area (Å²) < 4.78 is 7.67. The van der Waals surface area contributed by atoms with E-state index in [4.69, 9.17) is 4.42 Å². The highest BCUT2D eigenvalue weighted by molar-refractivity contribution is 5.97. The molecule has 4 rings (SSSR count). The highest BCUT2D eigenvalue weighted by Crippen LogP contribution is 2.23. The molecule has 0 unspecified atom stereocenters. The van der Waals surface area contributed by atoms with E-state index in [0.29, 0.717) is 0 Å². The summed E-state index contributed by atoms with van der Waals surface area (Å²) in [6, 6.07) is 14.2. The lowest BCUT2D eigenvalue weighted by Gasteiger charge is -2.34. The fourth-order valence-electron chi connectivity index (χ4n) is 3.91. The molecule has 152 valence electrons. The second-order valence-corrected chi connectivity index (χ2v) is 7.61. The van der Waals surface area contributed by atoms with E-state index in [1.54, 1.807) is 6.26 Å². The maximum atomic E-state index is 13.2. The number of rotatable bonds is 7. The number of carbonyl (C=O) groups is 1. The number of aryl methyl sites for hydroxylation is 1. The minimum absolute atomic E-state index is 0.118. The normalized spacial score (nSPS) is 15.6. The molecule has 0 aliphatic carbocycles. The third-order valence-corrected chi connectivity index (χ3v) is 5.61. The molecule has 1 aromatic carbocycles. The molecule has 1 amide bonds. The molecule has 5 nitrogen and oxygen atoms in total. The lowest BCUT2D eigenvalue weighted by atomic mass is 10.2. The lowest BCUT2D eigenvalue weighted by Crippen LogP contribution is -2.49. The number of carbonyl (C=O) groups excluding carboxylic acids is 1. The van der Waals surface area contributed by atoms with Crippen LogP contribution in [0.4, 0.5) is 0 Å². The summed E-state index contributed by atoms with van der Waals surface area (Å²) in [5, 5.41) is 0. The molecule has 1 aliphatic rings. The average molecular weight is 392 g/mol. The van der Waals surface area contributed by atoms with E-state index in [9.17, 15) is 4.79 Å². The van der Waals surface area contributed by atoms with Crippen molar-refractivity contribution < 1.29 is 9.21 Å². The molecule has 29 heavy (non-hydrogen) atoms. The molecule has 1 aliphatic heterocycles. The molecule has 2 aromatic heterocycles. The maximum Gasteiger partial charge on any atom is 0.270 e. The lowest BCUT2D eigenvalue weighted by molar-refractivity contribution is 0.0640. The molecule has 1 fully saturated rings. The number of piperazine rings is 1. The standard InChI is InChI=1S/C24H29N3O2/c1-2-3-13-27-21-11-18-29-23(21)19-22(27)24(28)26-16-14-25(15-17-26)12-7-10-20-8-5-4-6-9-20/h4-11,18-19H,2-3,12-17H2,1H3/b10-7+. The van der Waals surface area contributed by atoms with Gasteiger partial charge in [-0.25, -0.2) is 0 Å². The Morgan fingerprint density at radius 3 is 2.66 bits per heavy atom. The Balaban J connectivity index is 1.36. The molecule has 0 radical (unpaired) electrons. The van der Waals surface area contributed by atoms with Gasteiger partial charge in [0.2, 0.25) is 0 Å². The number of nitrogens with zero attached hydrogens (tertiary/aromatic N) is 3. The zero-order chi connectivity index (χ0) is 20.1. The first kappa shape index (κ1) is 19.5. The molecule has 3 aromatic rings. The highest BCUT2D eigenvalue weighted by atomic mass is 16.3. The fourth-order valence-corrected chi connectivity index (χ4v) is 3.91. The van der Waals surface area contributed by atoms with Crippen molar-refractivity contribution in [2.24, 2.45) is 0 Å². The third-order valence-electron chi connectivity index (χ3n) is 5.61. The van der Waals surface area contributed by atoms with Crippen LogP contribution in [0.2, 0.25) is 0 Å². The van der Waals surface area contributed by atoms with Gasteiger partial charge in [0.15, 0.2) is 5.58 Å².